The second-order valence-corrected chi connectivity index (χ2v) is 10.9. The molecule has 34 heavy (non-hydrogen) atoms. The number of rotatable bonds is 6. The highest BCUT2D eigenvalue weighted by atomic mass is 32.2. The molecule has 0 aliphatic carbocycles. The lowest BCUT2D eigenvalue weighted by Gasteiger charge is -2.37. The number of piperazine rings is 1. The van der Waals surface area contributed by atoms with Gasteiger partial charge in [-0.1, -0.05) is 26.0 Å². The minimum absolute atomic E-state index is 0.0209. The van der Waals surface area contributed by atoms with E-state index in [9.17, 15) is 13.2 Å². The van der Waals surface area contributed by atoms with Crippen LogP contribution in [0.3, 0.4) is 0 Å². The summed E-state index contributed by atoms with van der Waals surface area (Å²) < 4.78 is 29.2. The molecular weight excluding hydrogens is 448 g/mol. The van der Waals surface area contributed by atoms with Crippen LogP contribution < -0.4 is 4.90 Å². The Bertz CT molecular complexity index is 1320. The fourth-order valence-corrected chi connectivity index (χ4v) is 6.27. The molecule has 0 saturated carbocycles. The van der Waals surface area contributed by atoms with E-state index < -0.39 is 10.0 Å². The van der Waals surface area contributed by atoms with Gasteiger partial charge in [-0.2, -0.15) is 4.31 Å². The monoisotopic (exact) mass is 482 g/mol. The summed E-state index contributed by atoms with van der Waals surface area (Å²) in [6.45, 7) is 11.6. The van der Waals surface area contributed by atoms with Gasteiger partial charge in [-0.15, -0.1) is 0 Å². The number of sulfonamides is 1. The van der Waals surface area contributed by atoms with Crippen LogP contribution in [-0.2, 0) is 17.1 Å². The lowest BCUT2D eigenvalue weighted by atomic mass is 10.1. The normalized spacial score (nSPS) is 14.9. The van der Waals surface area contributed by atoms with E-state index in [1.807, 2.05) is 36.4 Å². The standard InChI is InChI=1S/C26H34N4O3S/c1-6-30(7-2)34(32,33)22-10-11-23-21(17-22)18-25(27(23)5)26(31)29-14-12-28(13-15-29)24-16-19(3)8-9-20(24)4/h8-11,16-18H,6-7,12-15H2,1-5H3. The molecule has 0 atom stereocenters. The van der Waals surface area contributed by atoms with Crippen molar-refractivity contribution >= 4 is 32.5 Å². The molecule has 2 heterocycles. The van der Waals surface area contributed by atoms with Crippen molar-refractivity contribution in [3.63, 3.8) is 0 Å². The number of carbonyl (C=O) groups is 1. The molecule has 1 aromatic heterocycles. The van der Waals surface area contributed by atoms with Crippen molar-refractivity contribution in [2.45, 2.75) is 32.6 Å². The Morgan fingerprint density at radius 2 is 1.62 bits per heavy atom. The first kappa shape index (κ1) is 24.3. The third-order valence-corrected chi connectivity index (χ3v) is 8.89. The summed E-state index contributed by atoms with van der Waals surface area (Å²) in [5, 5.41) is 0.758. The van der Waals surface area contributed by atoms with Gasteiger partial charge in [-0.3, -0.25) is 4.79 Å². The largest absolute Gasteiger partial charge is 0.368 e. The van der Waals surface area contributed by atoms with E-state index in [-0.39, 0.29) is 10.8 Å². The van der Waals surface area contributed by atoms with E-state index in [1.165, 1.54) is 21.1 Å². The summed E-state index contributed by atoms with van der Waals surface area (Å²) in [7, 11) is -1.69. The molecule has 0 radical (unpaired) electrons. The van der Waals surface area contributed by atoms with Crippen LogP contribution in [0.25, 0.3) is 10.9 Å². The molecule has 1 saturated heterocycles. The van der Waals surface area contributed by atoms with Gasteiger partial charge in [0.05, 0.1) is 4.90 Å². The number of benzene rings is 2. The zero-order chi connectivity index (χ0) is 24.6. The predicted octanol–water partition coefficient (Wildman–Crippen LogP) is 3.79. The number of aryl methyl sites for hydroxylation is 3. The van der Waals surface area contributed by atoms with Crippen molar-refractivity contribution in [3.8, 4) is 0 Å². The first-order valence-electron chi connectivity index (χ1n) is 11.9. The molecule has 3 aromatic rings. The average Bonchev–Trinajstić information content (AvgIpc) is 3.16. The fraction of sp³-hybridized carbons (Fsp3) is 0.423. The summed E-state index contributed by atoms with van der Waals surface area (Å²) >= 11 is 0. The molecule has 0 unspecified atom stereocenters. The summed E-state index contributed by atoms with van der Waals surface area (Å²) in [5.74, 6) is -0.0209. The van der Waals surface area contributed by atoms with Crippen molar-refractivity contribution < 1.29 is 13.2 Å². The third kappa shape index (κ3) is 4.32. The number of fused-ring (bicyclic) bond motifs is 1. The van der Waals surface area contributed by atoms with E-state index in [4.69, 9.17) is 0 Å². The zero-order valence-electron chi connectivity index (χ0n) is 20.7. The number of hydrogen-bond donors (Lipinski definition) is 0. The molecule has 2 aromatic carbocycles. The van der Waals surface area contributed by atoms with Crippen LogP contribution in [0.15, 0.2) is 47.4 Å². The van der Waals surface area contributed by atoms with E-state index in [2.05, 4.69) is 36.9 Å². The SMILES string of the molecule is CCN(CC)S(=O)(=O)c1ccc2c(c1)cc(C(=O)N1CCN(c3cc(C)ccc3C)CC1)n2C. The highest BCUT2D eigenvalue weighted by molar-refractivity contribution is 7.89. The van der Waals surface area contributed by atoms with Gasteiger partial charge < -0.3 is 14.4 Å². The Hall–Kier alpha value is -2.84. The second kappa shape index (κ2) is 9.43. The van der Waals surface area contributed by atoms with Gasteiger partial charge in [-0.25, -0.2) is 8.42 Å². The first-order valence-corrected chi connectivity index (χ1v) is 13.3. The average molecular weight is 483 g/mol. The molecule has 1 fully saturated rings. The Morgan fingerprint density at radius 3 is 2.26 bits per heavy atom. The minimum atomic E-state index is -3.55. The lowest BCUT2D eigenvalue weighted by Crippen LogP contribution is -2.49. The van der Waals surface area contributed by atoms with Gasteiger partial charge in [0.1, 0.15) is 5.69 Å². The number of aromatic nitrogens is 1. The molecule has 8 heteroatoms. The summed E-state index contributed by atoms with van der Waals surface area (Å²) in [6.07, 6.45) is 0. The fourth-order valence-electron chi connectivity index (χ4n) is 4.78. The summed E-state index contributed by atoms with van der Waals surface area (Å²) in [5.41, 5.74) is 5.13. The molecule has 182 valence electrons. The van der Waals surface area contributed by atoms with Gasteiger partial charge in [0.2, 0.25) is 10.0 Å². The van der Waals surface area contributed by atoms with Gasteiger partial charge in [-0.05, 0) is 55.3 Å². The van der Waals surface area contributed by atoms with Crippen LogP contribution in [0.4, 0.5) is 5.69 Å². The molecule has 0 spiro atoms. The van der Waals surface area contributed by atoms with Gasteiger partial charge >= 0.3 is 0 Å². The first-order chi connectivity index (χ1) is 16.2. The number of nitrogens with zero attached hydrogens (tertiary/aromatic N) is 4. The van der Waals surface area contributed by atoms with Crippen LogP contribution in [0.5, 0.6) is 0 Å². The Labute approximate surface area is 202 Å². The molecule has 1 amide bonds. The van der Waals surface area contributed by atoms with E-state index in [0.717, 1.165) is 24.0 Å². The Morgan fingerprint density at radius 1 is 0.941 bits per heavy atom. The van der Waals surface area contributed by atoms with Crippen LogP contribution in [0.1, 0.15) is 35.5 Å². The van der Waals surface area contributed by atoms with Crippen LogP contribution >= 0.6 is 0 Å². The van der Waals surface area contributed by atoms with Crippen LogP contribution in [0.2, 0.25) is 0 Å². The van der Waals surface area contributed by atoms with Crippen LogP contribution in [-0.4, -0.2) is 67.4 Å². The maximum atomic E-state index is 13.4. The Kier molecular flexibility index (Phi) is 6.73. The summed E-state index contributed by atoms with van der Waals surface area (Å²) in [6, 6.07) is 13.4. The zero-order valence-corrected chi connectivity index (χ0v) is 21.5. The van der Waals surface area contributed by atoms with E-state index in [1.54, 1.807) is 18.2 Å². The minimum Gasteiger partial charge on any atom is -0.368 e. The van der Waals surface area contributed by atoms with Crippen molar-refractivity contribution in [3.05, 3.63) is 59.3 Å². The van der Waals surface area contributed by atoms with E-state index in [0.29, 0.717) is 31.9 Å². The quantitative estimate of drug-likeness (QED) is 0.536. The molecule has 1 aliphatic heterocycles. The number of amides is 1. The second-order valence-electron chi connectivity index (χ2n) is 8.97. The van der Waals surface area contributed by atoms with Gasteiger partial charge in [0, 0.05) is 62.9 Å². The number of hydrogen-bond acceptors (Lipinski definition) is 4. The summed E-state index contributed by atoms with van der Waals surface area (Å²) in [4.78, 5) is 17.9. The number of anilines is 1. The van der Waals surface area contributed by atoms with Crippen molar-refractivity contribution in [1.82, 2.24) is 13.8 Å². The molecule has 0 bridgehead atoms. The topological polar surface area (TPSA) is 65.9 Å². The van der Waals surface area contributed by atoms with Gasteiger partial charge in [0.25, 0.3) is 5.91 Å². The third-order valence-electron chi connectivity index (χ3n) is 6.85. The van der Waals surface area contributed by atoms with E-state index >= 15 is 0 Å². The highest BCUT2D eigenvalue weighted by Gasteiger charge is 2.27. The smallest absolute Gasteiger partial charge is 0.270 e. The molecule has 1 aliphatic rings. The maximum Gasteiger partial charge on any atom is 0.270 e. The van der Waals surface area contributed by atoms with Gasteiger partial charge in [0.15, 0.2) is 0 Å². The Balaban J connectivity index is 1.55. The predicted molar refractivity (Wildman–Crippen MR) is 137 cm³/mol. The molecular formula is C26H34N4O3S. The molecule has 7 nitrogen and oxygen atoms in total. The molecule has 0 N–H and O–H groups in total. The number of carbonyl (C=O) groups excluding carboxylic acids is 1. The van der Waals surface area contributed by atoms with Crippen LogP contribution in [0, 0.1) is 13.8 Å². The molecule has 4 rings (SSSR count). The highest BCUT2D eigenvalue weighted by Crippen LogP contribution is 2.27. The van der Waals surface area contributed by atoms with Crippen molar-refractivity contribution in [2.24, 2.45) is 7.05 Å². The lowest BCUT2D eigenvalue weighted by molar-refractivity contribution is 0.0737. The van der Waals surface area contributed by atoms with Crippen molar-refractivity contribution in [2.75, 3.05) is 44.2 Å². The van der Waals surface area contributed by atoms with Crippen molar-refractivity contribution in [1.29, 1.82) is 0 Å². The maximum absolute atomic E-state index is 13.4.